The summed E-state index contributed by atoms with van der Waals surface area (Å²) in [5, 5.41) is 6.68. The fraction of sp³-hybridized carbons (Fsp3) is 0.450. The zero-order valence-corrected chi connectivity index (χ0v) is 20.0. The SMILES string of the molecule is Cc1cnc(N[C@H]2CC[C@@H](NC(=O)c3cncc(Br)c3)CC2)cc1N(C)C.Cl.Cl. The Balaban J connectivity index is 0.00000210. The van der Waals surface area contributed by atoms with Gasteiger partial charge in [-0.3, -0.25) is 9.78 Å². The fourth-order valence-corrected chi connectivity index (χ4v) is 3.83. The molecule has 0 unspecified atom stereocenters. The number of carbonyl (C=O) groups is 1. The molecule has 6 nitrogen and oxygen atoms in total. The minimum Gasteiger partial charge on any atom is -0.377 e. The molecule has 9 heteroatoms. The maximum atomic E-state index is 12.4. The molecular weight excluding hydrogens is 477 g/mol. The molecule has 1 amide bonds. The van der Waals surface area contributed by atoms with Crippen molar-refractivity contribution < 1.29 is 4.79 Å². The number of nitrogens with one attached hydrogen (secondary N) is 2. The zero-order chi connectivity index (χ0) is 19.4. The Hall–Kier alpha value is -1.57. The summed E-state index contributed by atoms with van der Waals surface area (Å²) >= 11 is 3.35. The van der Waals surface area contributed by atoms with Crippen LogP contribution in [0.5, 0.6) is 0 Å². The van der Waals surface area contributed by atoms with Gasteiger partial charge in [0, 0.05) is 61.0 Å². The summed E-state index contributed by atoms with van der Waals surface area (Å²) < 4.78 is 0.811. The van der Waals surface area contributed by atoms with E-state index in [9.17, 15) is 4.79 Å². The van der Waals surface area contributed by atoms with Crippen molar-refractivity contribution in [2.75, 3.05) is 24.3 Å². The predicted octanol–water partition coefficient (Wildman–Crippen LogP) is 4.61. The summed E-state index contributed by atoms with van der Waals surface area (Å²) in [6.07, 6.45) is 9.11. The first-order chi connectivity index (χ1) is 12.9. The van der Waals surface area contributed by atoms with Crippen molar-refractivity contribution in [2.45, 2.75) is 44.7 Å². The third kappa shape index (κ3) is 7.01. The van der Waals surface area contributed by atoms with E-state index >= 15 is 0 Å². The summed E-state index contributed by atoms with van der Waals surface area (Å²) in [5.74, 6) is 0.855. The number of hydrogen-bond acceptors (Lipinski definition) is 5. The lowest BCUT2D eigenvalue weighted by Crippen LogP contribution is -2.40. The molecule has 1 saturated carbocycles. The highest BCUT2D eigenvalue weighted by Crippen LogP contribution is 2.25. The Morgan fingerprint density at radius 2 is 1.72 bits per heavy atom. The Kier molecular flexibility index (Phi) is 10.2. The topological polar surface area (TPSA) is 70.1 Å². The van der Waals surface area contributed by atoms with Crippen LogP contribution in [-0.4, -0.2) is 42.1 Å². The summed E-state index contributed by atoms with van der Waals surface area (Å²) in [6, 6.07) is 4.48. The molecule has 0 atom stereocenters. The van der Waals surface area contributed by atoms with E-state index in [1.807, 2.05) is 20.3 Å². The van der Waals surface area contributed by atoms with Crippen LogP contribution in [0.2, 0.25) is 0 Å². The number of carbonyl (C=O) groups excluding carboxylic acids is 1. The number of pyridine rings is 2. The van der Waals surface area contributed by atoms with E-state index < -0.39 is 0 Å². The Labute approximate surface area is 193 Å². The lowest BCUT2D eigenvalue weighted by molar-refractivity contribution is 0.0926. The lowest BCUT2D eigenvalue weighted by atomic mass is 9.91. The second-order valence-corrected chi connectivity index (χ2v) is 8.22. The zero-order valence-electron chi connectivity index (χ0n) is 16.8. The number of anilines is 2. The van der Waals surface area contributed by atoms with Gasteiger partial charge in [-0.05, 0) is 60.2 Å². The van der Waals surface area contributed by atoms with E-state index in [1.54, 1.807) is 18.5 Å². The van der Waals surface area contributed by atoms with Gasteiger partial charge in [0.15, 0.2) is 0 Å². The number of halogens is 3. The number of nitrogens with zero attached hydrogens (tertiary/aromatic N) is 3. The van der Waals surface area contributed by atoms with E-state index in [1.165, 1.54) is 11.3 Å². The molecule has 0 bridgehead atoms. The van der Waals surface area contributed by atoms with Crippen LogP contribution in [-0.2, 0) is 0 Å². The second kappa shape index (κ2) is 11.6. The van der Waals surface area contributed by atoms with Crippen molar-refractivity contribution in [3.63, 3.8) is 0 Å². The number of aromatic nitrogens is 2. The summed E-state index contributed by atoms with van der Waals surface area (Å²) in [6.45, 7) is 2.07. The van der Waals surface area contributed by atoms with Crippen LogP contribution in [0.25, 0.3) is 0 Å². The number of amides is 1. The van der Waals surface area contributed by atoms with Crippen LogP contribution in [0, 0.1) is 6.92 Å². The van der Waals surface area contributed by atoms with Gasteiger partial charge in [0.05, 0.1) is 5.56 Å². The second-order valence-electron chi connectivity index (χ2n) is 7.31. The quantitative estimate of drug-likeness (QED) is 0.622. The molecule has 0 spiro atoms. The molecule has 160 valence electrons. The summed E-state index contributed by atoms with van der Waals surface area (Å²) in [4.78, 5) is 23.0. The van der Waals surface area contributed by atoms with Crippen molar-refractivity contribution in [1.29, 1.82) is 0 Å². The first kappa shape index (κ1) is 25.5. The molecule has 0 radical (unpaired) electrons. The Morgan fingerprint density at radius 3 is 2.34 bits per heavy atom. The molecule has 1 aliphatic rings. The Bertz CT molecular complexity index is 813. The molecule has 0 aromatic carbocycles. The molecule has 2 heterocycles. The average molecular weight is 505 g/mol. The number of hydrogen-bond donors (Lipinski definition) is 2. The number of rotatable bonds is 5. The van der Waals surface area contributed by atoms with Gasteiger partial charge in [-0.15, -0.1) is 24.8 Å². The van der Waals surface area contributed by atoms with Crippen LogP contribution in [0.1, 0.15) is 41.6 Å². The first-order valence-electron chi connectivity index (χ1n) is 9.24. The third-order valence-electron chi connectivity index (χ3n) is 4.94. The van der Waals surface area contributed by atoms with Crippen molar-refractivity contribution in [2.24, 2.45) is 0 Å². The predicted molar refractivity (Wildman–Crippen MR) is 127 cm³/mol. The molecule has 0 aliphatic heterocycles. The average Bonchev–Trinajstić information content (AvgIpc) is 2.64. The molecule has 2 aromatic rings. The largest absolute Gasteiger partial charge is 0.377 e. The minimum atomic E-state index is -0.0592. The van der Waals surface area contributed by atoms with Crippen LogP contribution >= 0.6 is 40.7 Å². The van der Waals surface area contributed by atoms with Gasteiger partial charge < -0.3 is 15.5 Å². The fourth-order valence-electron chi connectivity index (χ4n) is 3.47. The van der Waals surface area contributed by atoms with Crippen molar-refractivity contribution in [3.05, 3.63) is 46.3 Å². The molecular formula is C20H28BrCl2N5O. The van der Waals surface area contributed by atoms with Gasteiger partial charge in [-0.2, -0.15) is 0 Å². The maximum Gasteiger partial charge on any atom is 0.253 e. The normalized spacial score (nSPS) is 18.1. The van der Waals surface area contributed by atoms with Crippen molar-refractivity contribution in [1.82, 2.24) is 15.3 Å². The minimum absolute atomic E-state index is 0. The smallest absolute Gasteiger partial charge is 0.253 e. The van der Waals surface area contributed by atoms with Crippen LogP contribution in [0.15, 0.2) is 35.2 Å². The van der Waals surface area contributed by atoms with Gasteiger partial charge in [-0.25, -0.2) is 4.98 Å². The Morgan fingerprint density at radius 1 is 1.07 bits per heavy atom. The van der Waals surface area contributed by atoms with Gasteiger partial charge in [-0.1, -0.05) is 0 Å². The van der Waals surface area contributed by atoms with Gasteiger partial charge in [0.25, 0.3) is 5.91 Å². The molecule has 2 aromatic heterocycles. The van der Waals surface area contributed by atoms with E-state index in [0.29, 0.717) is 11.6 Å². The molecule has 2 N–H and O–H groups in total. The summed E-state index contributed by atoms with van der Waals surface area (Å²) in [7, 11) is 4.08. The lowest BCUT2D eigenvalue weighted by Gasteiger charge is -2.30. The van der Waals surface area contributed by atoms with Crippen molar-refractivity contribution >= 4 is 58.2 Å². The molecule has 29 heavy (non-hydrogen) atoms. The molecule has 1 fully saturated rings. The first-order valence-corrected chi connectivity index (χ1v) is 10.0. The third-order valence-corrected chi connectivity index (χ3v) is 5.37. The van der Waals surface area contributed by atoms with Gasteiger partial charge in [0.1, 0.15) is 5.82 Å². The van der Waals surface area contributed by atoms with E-state index in [4.69, 9.17) is 0 Å². The summed E-state index contributed by atoms with van der Waals surface area (Å²) in [5.41, 5.74) is 2.93. The highest BCUT2D eigenvalue weighted by molar-refractivity contribution is 9.10. The number of aryl methyl sites for hydroxylation is 1. The van der Waals surface area contributed by atoms with Crippen LogP contribution in [0.3, 0.4) is 0 Å². The van der Waals surface area contributed by atoms with Crippen LogP contribution in [0.4, 0.5) is 11.5 Å². The van der Waals surface area contributed by atoms with Gasteiger partial charge in [0.2, 0.25) is 0 Å². The van der Waals surface area contributed by atoms with E-state index in [2.05, 4.69) is 54.4 Å². The highest BCUT2D eigenvalue weighted by Gasteiger charge is 2.23. The van der Waals surface area contributed by atoms with E-state index in [0.717, 1.165) is 36.0 Å². The monoisotopic (exact) mass is 503 g/mol. The van der Waals surface area contributed by atoms with Gasteiger partial charge >= 0.3 is 0 Å². The maximum absolute atomic E-state index is 12.4. The molecule has 0 saturated heterocycles. The molecule has 1 aliphatic carbocycles. The standard InChI is InChI=1S/C20H26BrN5O.2ClH/c1-13-10-23-19(9-18(13)26(2)3)24-16-4-6-17(7-5-16)25-20(27)14-8-15(21)12-22-11-14;;/h8-12,16-17H,4-7H2,1-3H3,(H,23,24)(H,25,27);2*1H/t16-,17+;;. The highest BCUT2D eigenvalue weighted by atomic mass is 79.9. The van der Waals surface area contributed by atoms with E-state index in [-0.39, 0.29) is 36.8 Å². The van der Waals surface area contributed by atoms with Crippen LogP contribution < -0.4 is 15.5 Å². The molecule has 3 rings (SSSR count). The van der Waals surface area contributed by atoms with Crippen molar-refractivity contribution in [3.8, 4) is 0 Å².